The molecule has 180 valence electrons. The van der Waals surface area contributed by atoms with E-state index in [1.807, 2.05) is 6.07 Å². The van der Waals surface area contributed by atoms with Crippen LogP contribution >= 0.6 is 35.1 Å². The Balaban J connectivity index is 1.56. The zero-order chi connectivity index (χ0) is 25.0. The summed E-state index contributed by atoms with van der Waals surface area (Å²) in [5, 5.41) is 7.12. The van der Waals surface area contributed by atoms with Crippen molar-refractivity contribution in [2.24, 2.45) is 7.05 Å². The van der Waals surface area contributed by atoms with Crippen LogP contribution in [-0.4, -0.2) is 47.4 Å². The Morgan fingerprint density at radius 3 is 2.41 bits per heavy atom. The van der Waals surface area contributed by atoms with Gasteiger partial charge < -0.3 is 20.1 Å². The van der Waals surface area contributed by atoms with E-state index in [0.717, 1.165) is 22.4 Å². The Morgan fingerprint density at radius 1 is 1.09 bits per heavy atom. The molecule has 11 heteroatoms. The first-order chi connectivity index (χ1) is 16.1. The minimum Gasteiger partial charge on any atom is -0.349 e. The molecule has 0 saturated heterocycles. The zero-order valence-corrected chi connectivity index (χ0v) is 21.4. The molecular weight excluding hydrogens is 497 g/mol. The minimum absolute atomic E-state index is 0.0616. The largest absolute Gasteiger partial charge is 0.349 e. The smallest absolute Gasteiger partial charge is 0.325 e. The highest BCUT2D eigenvalue weighted by molar-refractivity contribution is 7.98. The van der Waals surface area contributed by atoms with E-state index in [4.69, 9.17) is 23.2 Å². The number of carbonyl (C=O) groups excluding carboxylic acids is 3. The number of aromatic nitrogens is 1. The van der Waals surface area contributed by atoms with Crippen LogP contribution < -0.4 is 15.4 Å². The highest BCUT2D eigenvalue weighted by Crippen LogP contribution is 2.32. The van der Waals surface area contributed by atoms with Crippen molar-refractivity contribution in [3.8, 4) is 0 Å². The number of benzene rings is 2. The van der Waals surface area contributed by atoms with Crippen LogP contribution in [0.15, 0.2) is 47.4 Å². The molecule has 1 heterocycles. The first-order valence-corrected chi connectivity index (χ1v) is 11.9. The van der Waals surface area contributed by atoms with Crippen molar-refractivity contribution in [2.75, 3.05) is 19.4 Å². The summed E-state index contributed by atoms with van der Waals surface area (Å²) in [5.41, 5.74) is 1.85. The molecule has 3 aromatic rings. The third-order valence-corrected chi connectivity index (χ3v) is 6.69. The number of nitrogens with zero attached hydrogens (tertiary/aromatic N) is 2. The molecule has 0 radical (unpaired) electrons. The first-order valence-electron chi connectivity index (χ1n) is 10.3. The lowest BCUT2D eigenvalue weighted by Gasteiger charge is -2.16. The van der Waals surface area contributed by atoms with Gasteiger partial charge >= 0.3 is 6.03 Å². The topological polar surface area (TPSA) is 95.5 Å². The molecule has 3 N–H and O–H groups in total. The van der Waals surface area contributed by atoms with Gasteiger partial charge in [-0.2, -0.15) is 0 Å². The molecule has 1 aromatic heterocycles. The number of amides is 4. The Bertz CT molecular complexity index is 1230. The van der Waals surface area contributed by atoms with Crippen LogP contribution in [0.25, 0.3) is 10.9 Å². The Hall–Kier alpha value is -2.88. The van der Waals surface area contributed by atoms with Gasteiger partial charge in [-0.1, -0.05) is 23.2 Å². The van der Waals surface area contributed by atoms with Crippen LogP contribution in [0, 0.1) is 0 Å². The summed E-state index contributed by atoms with van der Waals surface area (Å²) in [6, 6.07) is 11.6. The van der Waals surface area contributed by atoms with E-state index >= 15 is 0 Å². The van der Waals surface area contributed by atoms with Gasteiger partial charge in [-0.05, 0) is 61.3 Å². The van der Waals surface area contributed by atoms with Crippen molar-refractivity contribution in [1.82, 2.24) is 19.5 Å². The lowest BCUT2D eigenvalue weighted by atomic mass is 10.2. The molecule has 3 rings (SSSR count). The average molecular weight is 522 g/mol. The van der Waals surface area contributed by atoms with E-state index in [2.05, 4.69) is 15.4 Å². The number of hydrogen-bond acceptors (Lipinski definition) is 4. The molecule has 0 spiro atoms. The van der Waals surface area contributed by atoms with Gasteiger partial charge in [0.05, 0.1) is 10.0 Å². The summed E-state index contributed by atoms with van der Waals surface area (Å²) in [7, 11) is 5.13. The van der Waals surface area contributed by atoms with Gasteiger partial charge in [0.1, 0.15) is 5.69 Å². The zero-order valence-electron chi connectivity index (χ0n) is 19.1. The van der Waals surface area contributed by atoms with E-state index in [1.165, 1.54) is 4.90 Å². The van der Waals surface area contributed by atoms with Gasteiger partial charge in [-0.15, -0.1) is 0 Å². The van der Waals surface area contributed by atoms with Gasteiger partial charge in [-0.3, -0.25) is 14.3 Å². The van der Waals surface area contributed by atoms with Crippen molar-refractivity contribution in [3.05, 3.63) is 58.2 Å². The van der Waals surface area contributed by atoms with Crippen molar-refractivity contribution < 1.29 is 14.4 Å². The van der Waals surface area contributed by atoms with Gasteiger partial charge in [0, 0.05) is 55.1 Å². The lowest BCUT2D eigenvalue weighted by Crippen LogP contribution is -2.40. The molecule has 1 unspecified atom stereocenters. The predicted octanol–water partition coefficient (Wildman–Crippen LogP) is 4.91. The second kappa shape index (κ2) is 11.0. The second-order valence-electron chi connectivity index (χ2n) is 7.93. The number of aryl methyl sites for hydroxylation is 1. The summed E-state index contributed by atoms with van der Waals surface area (Å²) in [6.45, 7) is 1.77. The van der Waals surface area contributed by atoms with Crippen LogP contribution in [0.1, 0.15) is 23.8 Å². The number of anilines is 1. The maximum absolute atomic E-state index is 12.8. The van der Waals surface area contributed by atoms with E-state index in [-0.39, 0.29) is 24.3 Å². The maximum Gasteiger partial charge on any atom is 0.325 e. The third kappa shape index (κ3) is 6.16. The van der Waals surface area contributed by atoms with E-state index in [9.17, 15) is 14.4 Å². The standard InChI is InChI=1S/C23H25Cl2N5O3S/c1-13(11-20(31)29(2)3)26-23(33)28-34-15-7-5-14(6-8-15)27-22(32)19-12-16-18(30(19)4)10-9-17(24)21(16)25/h5-10,12-13H,11H2,1-4H3,(H,27,32)(H2,26,28,33). The fraction of sp³-hybridized carbons (Fsp3) is 0.261. The Morgan fingerprint density at radius 2 is 1.76 bits per heavy atom. The van der Waals surface area contributed by atoms with Gasteiger partial charge in [-0.25, -0.2) is 4.79 Å². The molecular formula is C23H25Cl2N5O3S. The van der Waals surface area contributed by atoms with Gasteiger partial charge in [0.25, 0.3) is 5.91 Å². The summed E-state index contributed by atoms with van der Waals surface area (Å²) in [4.78, 5) is 38.8. The molecule has 0 aliphatic carbocycles. The van der Waals surface area contributed by atoms with Crippen LogP contribution in [0.2, 0.25) is 10.0 Å². The SMILES string of the molecule is CC(CC(=O)N(C)C)NC(=O)NSc1ccc(NC(=O)c2cc3c(Cl)c(Cl)ccc3n2C)cc1. The number of carbonyl (C=O) groups is 3. The number of fused-ring (bicyclic) bond motifs is 1. The van der Waals surface area contributed by atoms with Crippen LogP contribution in [0.5, 0.6) is 0 Å². The highest BCUT2D eigenvalue weighted by Gasteiger charge is 2.17. The molecule has 0 saturated carbocycles. The number of hydrogen-bond donors (Lipinski definition) is 3. The van der Waals surface area contributed by atoms with E-state index < -0.39 is 6.03 Å². The summed E-state index contributed by atoms with van der Waals surface area (Å²) in [5.74, 6) is -0.349. The average Bonchev–Trinajstić information content (AvgIpc) is 3.12. The highest BCUT2D eigenvalue weighted by atomic mass is 35.5. The van der Waals surface area contributed by atoms with Crippen LogP contribution in [0.4, 0.5) is 10.5 Å². The second-order valence-corrected chi connectivity index (χ2v) is 9.60. The Labute approximate surface area is 212 Å². The summed E-state index contributed by atoms with van der Waals surface area (Å²) in [6.07, 6.45) is 0.218. The van der Waals surface area contributed by atoms with Gasteiger partial charge in [0.15, 0.2) is 0 Å². The van der Waals surface area contributed by atoms with Crippen LogP contribution in [0.3, 0.4) is 0 Å². The molecule has 0 bridgehead atoms. The minimum atomic E-state index is -0.393. The Kier molecular flexibility index (Phi) is 8.35. The maximum atomic E-state index is 12.8. The quantitative estimate of drug-likeness (QED) is 0.385. The fourth-order valence-electron chi connectivity index (χ4n) is 3.22. The van der Waals surface area contributed by atoms with Crippen molar-refractivity contribution in [1.29, 1.82) is 0 Å². The summed E-state index contributed by atoms with van der Waals surface area (Å²) >= 11 is 13.5. The van der Waals surface area contributed by atoms with Crippen molar-refractivity contribution in [2.45, 2.75) is 24.3 Å². The molecule has 1 atom stereocenters. The van der Waals surface area contributed by atoms with Crippen molar-refractivity contribution >= 4 is 69.6 Å². The molecule has 8 nitrogen and oxygen atoms in total. The molecule has 0 fully saturated rings. The summed E-state index contributed by atoms with van der Waals surface area (Å²) < 4.78 is 4.44. The van der Waals surface area contributed by atoms with Crippen molar-refractivity contribution in [3.63, 3.8) is 0 Å². The van der Waals surface area contributed by atoms with Gasteiger partial charge in [0.2, 0.25) is 5.91 Å². The monoisotopic (exact) mass is 521 g/mol. The molecule has 2 aromatic carbocycles. The third-order valence-electron chi connectivity index (χ3n) is 5.08. The normalized spacial score (nSPS) is 11.7. The first kappa shape index (κ1) is 25.7. The molecule has 34 heavy (non-hydrogen) atoms. The number of halogens is 2. The lowest BCUT2D eigenvalue weighted by molar-refractivity contribution is -0.129. The van der Waals surface area contributed by atoms with Crippen LogP contribution in [-0.2, 0) is 11.8 Å². The van der Waals surface area contributed by atoms with E-state index in [1.54, 1.807) is 69.0 Å². The predicted molar refractivity (Wildman–Crippen MR) is 138 cm³/mol. The molecule has 0 aliphatic heterocycles. The molecule has 4 amide bonds. The number of rotatable bonds is 7. The van der Waals surface area contributed by atoms with E-state index in [0.29, 0.717) is 26.8 Å². The number of urea groups is 1. The fourth-order valence-corrected chi connectivity index (χ4v) is 4.14. The molecule has 0 aliphatic rings. The number of nitrogens with one attached hydrogen (secondary N) is 3.